The van der Waals surface area contributed by atoms with Crippen LogP contribution in [-0.2, 0) is 26.4 Å². The number of nitrogens with zero attached hydrogens (tertiary/aromatic N) is 4. The summed E-state index contributed by atoms with van der Waals surface area (Å²) in [6, 6.07) is 7.80. The SMILES string of the molecule is C=CC(=O)NC(C)(C)CC(C)(NCCOCC1CCCO1)c1nnnn1Cc1ccc(OC)cc1. The molecule has 0 spiro atoms. The standard InChI is InChI=1S/C25H38N6O4/c1-6-22(32)27-24(2,3)18-25(4,26-13-15-34-17-21-8-7-14-35-21)23-28-29-30-31(23)16-19-9-11-20(33-5)12-10-19/h6,9-12,21,26H,1,7-8,13-18H2,2-5H3,(H,27,32). The van der Waals surface area contributed by atoms with E-state index in [2.05, 4.69) is 32.7 Å². The highest BCUT2D eigenvalue weighted by atomic mass is 16.5. The van der Waals surface area contributed by atoms with E-state index in [0.717, 1.165) is 30.8 Å². The van der Waals surface area contributed by atoms with Crippen LogP contribution in [0.25, 0.3) is 0 Å². The predicted octanol–water partition coefficient (Wildman–Crippen LogP) is 2.20. The van der Waals surface area contributed by atoms with E-state index in [4.69, 9.17) is 14.2 Å². The largest absolute Gasteiger partial charge is 0.497 e. The molecule has 1 fully saturated rings. The molecule has 0 radical (unpaired) electrons. The maximum atomic E-state index is 12.0. The molecular weight excluding hydrogens is 448 g/mol. The molecule has 2 N–H and O–H groups in total. The zero-order valence-corrected chi connectivity index (χ0v) is 21.2. The minimum Gasteiger partial charge on any atom is -0.497 e. The minimum absolute atomic E-state index is 0.186. The summed E-state index contributed by atoms with van der Waals surface area (Å²) in [6.45, 7) is 12.6. The van der Waals surface area contributed by atoms with E-state index in [-0.39, 0.29) is 12.0 Å². The topological polar surface area (TPSA) is 112 Å². The molecule has 2 atom stereocenters. The first-order chi connectivity index (χ1) is 16.7. The van der Waals surface area contributed by atoms with Gasteiger partial charge in [0, 0.05) is 18.7 Å². The molecule has 192 valence electrons. The molecule has 0 bridgehead atoms. The van der Waals surface area contributed by atoms with E-state index in [1.54, 1.807) is 11.8 Å². The van der Waals surface area contributed by atoms with Gasteiger partial charge in [-0.25, -0.2) is 4.68 Å². The number of hydrogen-bond acceptors (Lipinski definition) is 8. The second-order valence-corrected chi connectivity index (χ2v) is 9.73. The highest BCUT2D eigenvalue weighted by molar-refractivity contribution is 5.87. The molecule has 1 aromatic heterocycles. The van der Waals surface area contributed by atoms with Gasteiger partial charge in [-0.2, -0.15) is 0 Å². The fourth-order valence-corrected chi connectivity index (χ4v) is 4.53. The number of carbonyl (C=O) groups is 1. The normalized spacial score (nSPS) is 17.7. The molecular formula is C25H38N6O4. The molecule has 1 amide bonds. The van der Waals surface area contributed by atoms with Crippen LogP contribution in [0.3, 0.4) is 0 Å². The fraction of sp³-hybridized carbons (Fsp3) is 0.600. The molecule has 10 nitrogen and oxygen atoms in total. The number of nitrogens with one attached hydrogen (secondary N) is 2. The first-order valence-electron chi connectivity index (χ1n) is 12.0. The van der Waals surface area contributed by atoms with Crippen LogP contribution in [0.2, 0.25) is 0 Å². The summed E-state index contributed by atoms with van der Waals surface area (Å²) in [5.74, 6) is 1.24. The maximum absolute atomic E-state index is 12.0. The van der Waals surface area contributed by atoms with Crippen molar-refractivity contribution < 1.29 is 19.0 Å². The molecule has 1 saturated heterocycles. The molecule has 1 aliphatic rings. The van der Waals surface area contributed by atoms with Crippen molar-refractivity contribution in [2.24, 2.45) is 0 Å². The number of benzene rings is 1. The summed E-state index contributed by atoms with van der Waals surface area (Å²) >= 11 is 0. The Labute approximate surface area is 207 Å². The Hall–Kier alpha value is -2.82. The number of aromatic nitrogens is 4. The van der Waals surface area contributed by atoms with Gasteiger partial charge in [-0.1, -0.05) is 18.7 Å². The lowest BCUT2D eigenvalue weighted by Crippen LogP contribution is -2.53. The quantitative estimate of drug-likeness (QED) is 0.309. The average Bonchev–Trinajstić information content (AvgIpc) is 3.51. The lowest BCUT2D eigenvalue weighted by molar-refractivity contribution is -0.118. The fourth-order valence-electron chi connectivity index (χ4n) is 4.53. The first kappa shape index (κ1) is 26.8. The third-order valence-corrected chi connectivity index (χ3v) is 6.05. The van der Waals surface area contributed by atoms with E-state index < -0.39 is 11.1 Å². The number of rotatable bonds is 14. The van der Waals surface area contributed by atoms with Crippen molar-refractivity contribution in [3.05, 3.63) is 48.3 Å². The zero-order chi connectivity index (χ0) is 25.3. The van der Waals surface area contributed by atoms with Crippen LogP contribution in [0.4, 0.5) is 0 Å². The maximum Gasteiger partial charge on any atom is 0.243 e. The van der Waals surface area contributed by atoms with E-state index >= 15 is 0 Å². The molecule has 1 aliphatic heterocycles. The van der Waals surface area contributed by atoms with Crippen LogP contribution in [0, 0.1) is 0 Å². The van der Waals surface area contributed by atoms with E-state index in [0.29, 0.717) is 38.5 Å². The van der Waals surface area contributed by atoms with Crippen LogP contribution < -0.4 is 15.4 Å². The van der Waals surface area contributed by atoms with Gasteiger partial charge in [0.15, 0.2) is 5.82 Å². The third-order valence-electron chi connectivity index (χ3n) is 6.05. The van der Waals surface area contributed by atoms with Gasteiger partial charge >= 0.3 is 0 Å². The highest BCUT2D eigenvalue weighted by Crippen LogP contribution is 2.29. The van der Waals surface area contributed by atoms with Crippen LogP contribution >= 0.6 is 0 Å². The van der Waals surface area contributed by atoms with Gasteiger partial charge in [0.25, 0.3) is 0 Å². The van der Waals surface area contributed by atoms with Crippen molar-refractivity contribution in [2.45, 2.75) is 63.8 Å². The smallest absolute Gasteiger partial charge is 0.243 e. The summed E-state index contributed by atoms with van der Waals surface area (Å²) in [4.78, 5) is 12.0. The molecule has 2 heterocycles. The Morgan fingerprint density at radius 3 is 2.74 bits per heavy atom. The lowest BCUT2D eigenvalue weighted by atomic mass is 9.84. The summed E-state index contributed by atoms with van der Waals surface area (Å²) < 4.78 is 18.5. The number of ether oxygens (including phenoxy) is 3. The van der Waals surface area contributed by atoms with Gasteiger partial charge in [0.05, 0.1) is 38.5 Å². The number of amides is 1. The molecule has 0 saturated carbocycles. The van der Waals surface area contributed by atoms with Crippen molar-refractivity contribution in [3.8, 4) is 5.75 Å². The van der Waals surface area contributed by atoms with Crippen molar-refractivity contribution in [1.29, 1.82) is 0 Å². The predicted molar refractivity (Wildman–Crippen MR) is 132 cm³/mol. The Morgan fingerprint density at radius 1 is 1.31 bits per heavy atom. The number of tetrazole rings is 1. The van der Waals surface area contributed by atoms with Crippen molar-refractivity contribution in [2.75, 3.05) is 33.5 Å². The van der Waals surface area contributed by atoms with Gasteiger partial charge in [-0.05, 0) is 74.2 Å². The average molecular weight is 487 g/mol. The molecule has 10 heteroatoms. The molecule has 3 rings (SSSR count). The van der Waals surface area contributed by atoms with Crippen molar-refractivity contribution >= 4 is 5.91 Å². The highest BCUT2D eigenvalue weighted by Gasteiger charge is 2.38. The molecule has 2 unspecified atom stereocenters. The second kappa shape index (κ2) is 12.2. The first-order valence-corrected chi connectivity index (χ1v) is 12.0. The van der Waals surface area contributed by atoms with Gasteiger partial charge in [0.2, 0.25) is 5.91 Å². The van der Waals surface area contributed by atoms with Crippen molar-refractivity contribution in [3.63, 3.8) is 0 Å². The van der Waals surface area contributed by atoms with Crippen molar-refractivity contribution in [1.82, 2.24) is 30.8 Å². The molecule has 1 aromatic carbocycles. The number of carbonyl (C=O) groups excluding carboxylic acids is 1. The van der Waals surface area contributed by atoms with Crippen LogP contribution in [0.15, 0.2) is 36.9 Å². The lowest BCUT2D eigenvalue weighted by Gasteiger charge is -2.37. The molecule has 35 heavy (non-hydrogen) atoms. The van der Waals surface area contributed by atoms with E-state index in [9.17, 15) is 4.79 Å². The molecule has 0 aliphatic carbocycles. The summed E-state index contributed by atoms with van der Waals surface area (Å²) in [6.07, 6.45) is 4.13. The number of methoxy groups -OCH3 is 1. The Bertz CT molecular complexity index is 955. The van der Waals surface area contributed by atoms with E-state index in [1.807, 2.05) is 45.0 Å². The van der Waals surface area contributed by atoms with Gasteiger partial charge < -0.3 is 24.8 Å². The van der Waals surface area contributed by atoms with Crippen LogP contribution in [0.5, 0.6) is 5.75 Å². The Morgan fingerprint density at radius 2 is 2.09 bits per heavy atom. The van der Waals surface area contributed by atoms with Gasteiger partial charge in [-0.3, -0.25) is 4.79 Å². The van der Waals surface area contributed by atoms with Gasteiger partial charge in [0.1, 0.15) is 5.75 Å². The summed E-state index contributed by atoms with van der Waals surface area (Å²) in [7, 11) is 1.64. The Balaban J connectivity index is 1.74. The zero-order valence-electron chi connectivity index (χ0n) is 21.2. The molecule has 2 aromatic rings. The summed E-state index contributed by atoms with van der Waals surface area (Å²) in [5.41, 5.74) is -0.162. The monoisotopic (exact) mass is 486 g/mol. The second-order valence-electron chi connectivity index (χ2n) is 9.73. The number of hydrogen-bond donors (Lipinski definition) is 2. The summed E-state index contributed by atoms with van der Waals surface area (Å²) in [5, 5.41) is 19.2. The van der Waals surface area contributed by atoms with Crippen LogP contribution in [0.1, 0.15) is 51.4 Å². The minimum atomic E-state index is -0.652. The van der Waals surface area contributed by atoms with E-state index in [1.165, 1.54) is 6.08 Å². The van der Waals surface area contributed by atoms with Gasteiger partial charge in [-0.15, -0.1) is 5.10 Å². The third kappa shape index (κ3) is 7.84. The Kier molecular flexibility index (Phi) is 9.36. The van der Waals surface area contributed by atoms with Crippen LogP contribution in [-0.4, -0.2) is 71.2 Å².